The maximum atomic E-state index is 13.9. The number of rotatable bonds is 19. The highest BCUT2D eigenvalue weighted by Crippen LogP contribution is 2.52. The van der Waals surface area contributed by atoms with Crippen molar-refractivity contribution in [1.82, 2.24) is 0 Å². The molecule has 1 aliphatic rings. The number of phosphoric acid groups is 1. The van der Waals surface area contributed by atoms with E-state index in [1.165, 1.54) is 49.7 Å². The van der Waals surface area contributed by atoms with Crippen molar-refractivity contribution in [2.24, 2.45) is 4.99 Å². The second kappa shape index (κ2) is 16.8. The van der Waals surface area contributed by atoms with E-state index < -0.39 is 13.4 Å². The minimum Gasteiger partial charge on any atom is -0.479 e. The monoisotopic (exact) mass is 591 g/mol. The molecule has 0 N–H and O–H groups in total. The van der Waals surface area contributed by atoms with Gasteiger partial charge in [-0.3, -0.25) is 13.6 Å². The molecule has 0 radical (unpaired) electrons. The van der Waals surface area contributed by atoms with Gasteiger partial charge in [0.25, 0.3) is 0 Å². The standard InChI is InChI=1S/C35H46NO5P/c1-3-4-5-6-7-10-15-31-20-22-32(23-21-31)24-25-35(28-38-30(2)36-35)29-41-42(37,39-26-33-16-11-8-12-17-33)40-27-34-18-13-9-14-19-34/h8-9,11-14,16-23H,3-7,10,15,24-29H2,1-2H3/t35-/m1/s1. The zero-order valence-electron chi connectivity index (χ0n) is 25.2. The molecule has 3 aromatic carbocycles. The molecule has 42 heavy (non-hydrogen) atoms. The molecule has 0 bridgehead atoms. The van der Waals surface area contributed by atoms with Gasteiger partial charge >= 0.3 is 7.82 Å². The van der Waals surface area contributed by atoms with Crippen LogP contribution in [0.4, 0.5) is 0 Å². The molecule has 0 fully saturated rings. The summed E-state index contributed by atoms with van der Waals surface area (Å²) in [5.74, 6) is 0.609. The Kier molecular flexibility index (Phi) is 12.8. The first-order valence-electron chi connectivity index (χ1n) is 15.4. The summed E-state index contributed by atoms with van der Waals surface area (Å²) >= 11 is 0. The van der Waals surface area contributed by atoms with E-state index in [0.717, 1.165) is 24.0 Å². The summed E-state index contributed by atoms with van der Waals surface area (Å²) in [6, 6.07) is 28.1. The largest absolute Gasteiger partial charge is 0.479 e. The molecule has 226 valence electrons. The maximum Gasteiger partial charge on any atom is 0.475 e. The first-order chi connectivity index (χ1) is 20.5. The number of unbranched alkanes of at least 4 members (excludes halogenated alkanes) is 5. The van der Waals surface area contributed by atoms with Gasteiger partial charge in [0.1, 0.15) is 12.1 Å². The second-order valence-corrected chi connectivity index (χ2v) is 12.9. The van der Waals surface area contributed by atoms with Gasteiger partial charge in [0.05, 0.1) is 19.8 Å². The summed E-state index contributed by atoms with van der Waals surface area (Å²) in [5, 5.41) is 0. The Balaban J connectivity index is 1.35. The van der Waals surface area contributed by atoms with Crippen molar-refractivity contribution in [2.45, 2.75) is 90.4 Å². The van der Waals surface area contributed by atoms with Crippen molar-refractivity contribution >= 4 is 13.7 Å². The van der Waals surface area contributed by atoms with E-state index in [4.69, 9.17) is 23.3 Å². The van der Waals surface area contributed by atoms with Crippen molar-refractivity contribution in [3.8, 4) is 0 Å². The fourth-order valence-corrected chi connectivity index (χ4v) is 6.27. The number of ether oxygens (including phenoxy) is 1. The van der Waals surface area contributed by atoms with Gasteiger partial charge in [-0.05, 0) is 47.9 Å². The van der Waals surface area contributed by atoms with Crippen molar-refractivity contribution in [2.75, 3.05) is 13.2 Å². The van der Waals surface area contributed by atoms with Crippen LogP contribution in [0.5, 0.6) is 0 Å². The van der Waals surface area contributed by atoms with Gasteiger partial charge in [-0.1, -0.05) is 124 Å². The third kappa shape index (κ3) is 10.8. The first kappa shape index (κ1) is 32.2. The van der Waals surface area contributed by atoms with Crippen molar-refractivity contribution in [3.63, 3.8) is 0 Å². The van der Waals surface area contributed by atoms with E-state index >= 15 is 0 Å². The molecule has 0 aromatic heterocycles. The fraction of sp³-hybridized carbons (Fsp3) is 0.457. The third-order valence-corrected chi connectivity index (χ3v) is 8.96. The van der Waals surface area contributed by atoms with E-state index in [0.29, 0.717) is 18.9 Å². The number of aryl methyl sites for hydroxylation is 2. The predicted molar refractivity (Wildman–Crippen MR) is 170 cm³/mol. The minimum absolute atomic E-state index is 0.0707. The highest BCUT2D eigenvalue weighted by molar-refractivity contribution is 7.48. The Morgan fingerprint density at radius 2 is 1.26 bits per heavy atom. The van der Waals surface area contributed by atoms with Gasteiger partial charge in [-0.25, -0.2) is 9.56 Å². The molecule has 0 unspecified atom stereocenters. The molecular formula is C35H46NO5P. The van der Waals surface area contributed by atoms with Crippen molar-refractivity contribution in [1.29, 1.82) is 0 Å². The zero-order chi connectivity index (χ0) is 29.5. The Labute approximate surface area is 252 Å². The van der Waals surface area contributed by atoms with Crippen LogP contribution in [0.15, 0.2) is 89.9 Å². The quantitative estimate of drug-likeness (QED) is 0.103. The van der Waals surface area contributed by atoms with Gasteiger partial charge in [0, 0.05) is 6.92 Å². The number of hydrogen-bond acceptors (Lipinski definition) is 6. The molecule has 0 amide bonds. The van der Waals surface area contributed by atoms with Crippen LogP contribution in [0.1, 0.15) is 81.0 Å². The minimum atomic E-state index is -3.91. The number of phosphoric ester groups is 1. The second-order valence-electron chi connectivity index (χ2n) is 11.2. The molecule has 1 heterocycles. The average molecular weight is 592 g/mol. The normalized spacial score (nSPS) is 16.8. The summed E-state index contributed by atoms with van der Waals surface area (Å²) in [4.78, 5) is 4.80. The van der Waals surface area contributed by atoms with Crippen LogP contribution in [0.3, 0.4) is 0 Å². The van der Waals surface area contributed by atoms with Gasteiger partial charge in [-0.2, -0.15) is 0 Å². The molecule has 6 nitrogen and oxygen atoms in total. The molecule has 3 aromatic rings. The van der Waals surface area contributed by atoms with E-state index in [1.54, 1.807) is 0 Å². The van der Waals surface area contributed by atoms with Gasteiger partial charge in [0.15, 0.2) is 5.90 Å². The Hall–Kier alpha value is -2.76. The number of nitrogens with zero attached hydrogens (tertiary/aromatic N) is 1. The average Bonchev–Trinajstić information content (AvgIpc) is 3.41. The van der Waals surface area contributed by atoms with Crippen LogP contribution in [0.2, 0.25) is 0 Å². The van der Waals surface area contributed by atoms with Crippen LogP contribution in [0, 0.1) is 0 Å². The van der Waals surface area contributed by atoms with Gasteiger partial charge in [0.2, 0.25) is 0 Å². The Morgan fingerprint density at radius 3 is 1.81 bits per heavy atom. The van der Waals surface area contributed by atoms with Crippen molar-refractivity contribution in [3.05, 3.63) is 107 Å². The Morgan fingerprint density at radius 1 is 0.714 bits per heavy atom. The Bertz CT molecular complexity index is 1220. The SMILES string of the molecule is CCCCCCCCc1ccc(CC[C@]2(COP(=O)(OCc3ccccc3)OCc3ccccc3)COC(C)=N2)cc1. The maximum absolute atomic E-state index is 13.9. The molecule has 0 saturated carbocycles. The highest BCUT2D eigenvalue weighted by atomic mass is 31.2. The lowest BCUT2D eigenvalue weighted by molar-refractivity contribution is 0.0760. The highest BCUT2D eigenvalue weighted by Gasteiger charge is 2.39. The van der Waals surface area contributed by atoms with E-state index in [2.05, 4.69) is 31.2 Å². The fourth-order valence-electron chi connectivity index (χ4n) is 5.04. The molecule has 4 rings (SSSR count). The van der Waals surface area contributed by atoms with Crippen LogP contribution >= 0.6 is 7.82 Å². The summed E-state index contributed by atoms with van der Waals surface area (Å²) < 4.78 is 37.3. The van der Waals surface area contributed by atoms with Crippen LogP contribution in [0.25, 0.3) is 0 Å². The molecule has 1 atom stereocenters. The molecular weight excluding hydrogens is 545 g/mol. The first-order valence-corrected chi connectivity index (χ1v) is 16.8. The van der Waals surface area contributed by atoms with Crippen LogP contribution < -0.4 is 0 Å². The van der Waals surface area contributed by atoms with Gasteiger partial charge in [-0.15, -0.1) is 0 Å². The van der Waals surface area contributed by atoms with E-state index in [1.807, 2.05) is 67.6 Å². The lowest BCUT2D eigenvalue weighted by atomic mass is 9.93. The summed E-state index contributed by atoms with van der Waals surface area (Å²) in [5.41, 5.74) is 3.74. The lowest BCUT2D eigenvalue weighted by Gasteiger charge is -2.26. The zero-order valence-corrected chi connectivity index (χ0v) is 26.1. The summed E-state index contributed by atoms with van der Waals surface area (Å²) in [6.45, 7) is 4.77. The van der Waals surface area contributed by atoms with Crippen LogP contribution in [-0.2, 0) is 48.9 Å². The number of hydrogen-bond donors (Lipinski definition) is 0. The van der Waals surface area contributed by atoms with Gasteiger partial charge < -0.3 is 4.74 Å². The number of aliphatic imine (C=N–C) groups is 1. The van der Waals surface area contributed by atoms with Crippen LogP contribution in [-0.4, -0.2) is 24.7 Å². The van der Waals surface area contributed by atoms with E-state index in [9.17, 15) is 4.57 Å². The van der Waals surface area contributed by atoms with E-state index in [-0.39, 0.29) is 19.8 Å². The third-order valence-electron chi connectivity index (χ3n) is 7.62. The summed E-state index contributed by atoms with van der Waals surface area (Å²) in [7, 11) is -3.91. The summed E-state index contributed by atoms with van der Waals surface area (Å²) in [6.07, 6.45) is 10.5. The van der Waals surface area contributed by atoms with Crippen molar-refractivity contribution < 1.29 is 22.9 Å². The topological polar surface area (TPSA) is 66.4 Å². The molecule has 0 aliphatic carbocycles. The molecule has 7 heteroatoms. The number of benzene rings is 3. The lowest BCUT2D eigenvalue weighted by Crippen LogP contribution is -2.35. The molecule has 0 spiro atoms. The molecule has 1 aliphatic heterocycles. The smallest absolute Gasteiger partial charge is 0.475 e. The predicted octanol–water partition coefficient (Wildman–Crippen LogP) is 9.27. The molecule has 0 saturated heterocycles.